The molecular formula is C21H12BrF5N2O2. The molecule has 0 fully saturated rings. The van der Waals surface area contributed by atoms with E-state index in [0.29, 0.717) is 0 Å². The number of allylic oxidation sites excluding steroid dienone is 2. The van der Waals surface area contributed by atoms with Crippen LogP contribution in [0.25, 0.3) is 16.9 Å². The molecule has 10 heteroatoms. The number of ketones is 2. The maximum atomic E-state index is 13.7. The number of hydrogen-bond acceptors (Lipinski definition) is 3. The number of hydrogen-bond donors (Lipinski definition) is 0. The fourth-order valence-electron chi connectivity index (χ4n) is 2.69. The van der Waals surface area contributed by atoms with Crippen molar-refractivity contribution in [2.75, 3.05) is 0 Å². The summed E-state index contributed by atoms with van der Waals surface area (Å²) < 4.78 is 66.8. The molecule has 31 heavy (non-hydrogen) atoms. The van der Waals surface area contributed by atoms with Gasteiger partial charge in [0.25, 0.3) is 0 Å². The van der Waals surface area contributed by atoms with Gasteiger partial charge in [0.05, 0.1) is 15.7 Å². The Morgan fingerprint density at radius 2 is 1.65 bits per heavy atom. The summed E-state index contributed by atoms with van der Waals surface area (Å²) in [6.45, 7) is 1.23. The van der Waals surface area contributed by atoms with Crippen LogP contribution in [0, 0.1) is 11.6 Å². The van der Waals surface area contributed by atoms with Gasteiger partial charge in [-0.3, -0.25) is 9.59 Å². The fraction of sp³-hybridized carbons (Fsp3) is 0.0952. The normalized spacial score (nSPS) is 11.8. The predicted octanol–water partition coefficient (Wildman–Crippen LogP) is 5.93. The SMILES string of the molecule is CC(=O)/C=C\C(=O)c1c(Br)c(-c2ccc(F)c(F)c2)nn1-c1ccc(C(F)(F)F)cc1. The lowest BCUT2D eigenvalue weighted by Crippen LogP contribution is -2.09. The van der Waals surface area contributed by atoms with Crippen LogP contribution >= 0.6 is 15.9 Å². The quantitative estimate of drug-likeness (QED) is 0.249. The highest BCUT2D eigenvalue weighted by Crippen LogP contribution is 2.34. The summed E-state index contributed by atoms with van der Waals surface area (Å²) in [7, 11) is 0. The molecule has 0 saturated heterocycles. The standard InChI is InChI=1S/C21H12BrF5N2O2/c1-11(30)2-9-17(31)20-18(22)19(12-3-8-15(23)16(24)10-12)28-29(20)14-6-4-13(5-7-14)21(25,26)27/h2-10H,1H3/b9-2-. The first-order chi connectivity index (χ1) is 14.5. The van der Waals surface area contributed by atoms with E-state index >= 15 is 0 Å². The van der Waals surface area contributed by atoms with Crippen molar-refractivity contribution in [1.29, 1.82) is 0 Å². The molecule has 0 amide bonds. The predicted molar refractivity (Wildman–Crippen MR) is 106 cm³/mol. The molecule has 0 bridgehead atoms. The van der Waals surface area contributed by atoms with E-state index in [1.165, 1.54) is 13.0 Å². The van der Waals surface area contributed by atoms with E-state index in [2.05, 4.69) is 21.0 Å². The number of halogens is 6. The molecular weight excluding hydrogens is 487 g/mol. The average Bonchev–Trinajstić information content (AvgIpc) is 3.05. The van der Waals surface area contributed by atoms with E-state index in [4.69, 9.17) is 0 Å². The topological polar surface area (TPSA) is 52.0 Å². The van der Waals surface area contributed by atoms with E-state index in [0.717, 1.165) is 53.2 Å². The van der Waals surface area contributed by atoms with Crippen molar-refractivity contribution in [3.8, 4) is 16.9 Å². The zero-order valence-corrected chi connectivity index (χ0v) is 17.3. The molecule has 0 spiro atoms. The molecule has 0 saturated carbocycles. The van der Waals surface area contributed by atoms with Gasteiger partial charge in [0.15, 0.2) is 17.4 Å². The molecule has 160 valence electrons. The summed E-state index contributed by atoms with van der Waals surface area (Å²) in [6.07, 6.45) is -2.54. The Morgan fingerprint density at radius 3 is 2.19 bits per heavy atom. The summed E-state index contributed by atoms with van der Waals surface area (Å²) in [6, 6.07) is 6.86. The number of rotatable bonds is 5. The van der Waals surface area contributed by atoms with E-state index in [1.807, 2.05) is 0 Å². The number of alkyl halides is 3. The van der Waals surface area contributed by atoms with Crippen LogP contribution in [-0.2, 0) is 11.0 Å². The minimum atomic E-state index is -4.55. The Kier molecular flexibility index (Phi) is 6.21. The van der Waals surface area contributed by atoms with Gasteiger partial charge in [0.2, 0.25) is 5.78 Å². The maximum absolute atomic E-state index is 13.7. The average molecular weight is 499 g/mol. The summed E-state index contributed by atoms with van der Waals surface area (Å²) in [5, 5.41) is 4.22. The van der Waals surface area contributed by atoms with Crippen molar-refractivity contribution in [2.45, 2.75) is 13.1 Å². The zero-order valence-electron chi connectivity index (χ0n) is 15.7. The molecule has 0 aliphatic rings. The first kappa shape index (κ1) is 22.5. The molecule has 4 nitrogen and oxygen atoms in total. The lowest BCUT2D eigenvalue weighted by atomic mass is 10.1. The lowest BCUT2D eigenvalue weighted by Gasteiger charge is -2.09. The third-order valence-corrected chi connectivity index (χ3v) is 4.91. The number of benzene rings is 2. The Bertz CT molecular complexity index is 1200. The van der Waals surface area contributed by atoms with Gasteiger partial charge in [-0.1, -0.05) is 0 Å². The first-order valence-corrected chi connectivity index (χ1v) is 9.43. The van der Waals surface area contributed by atoms with Gasteiger partial charge in [-0.15, -0.1) is 0 Å². The third-order valence-electron chi connectivity index (χ3n) is 4.16. The third kappa shape index (κ3) is 4.79. The van der Waals surface area contributed by atoms with Crippen molar-refractivity contribution in [3.63, 3.8) is 0 Å². The van der Waals surface area contributed by atoms with Gasteiger partial charge >= 0.3 is 6.18 Å². The Labute approximate surface area is 181 Å². The summed E-state index contributed by atoms with van der Waals surface area (Å²) in [5.74, 6) is -3.30. The maximum Gasteiger partial charge on any atom is 0.416 e. The molecule has 3 rings (SSSR count). The number of carbonyl (C=O) groups excluding carboxylic acids is 2. The summed E-state index contributed by atoms with van der Waals surface area (Å²) >= 11 is 3.21. The summed E-state index contributed by atoms with van der Waals surface area (Å²) in [4.78, 5) is 23.9. The van der Waals surface area contributed by atoms with E-state index in [1.54, 1.807) is 0 Å². The molecule has 1 aromatic heterocycles. The number of nitrogens with zero attached hydrogens (tertiary/aromatic N) is 2. The fourth-order valence-corrected chi connectivity index (χ4v) is 3.36. The lowest BCUT2D eigenvalue weighted by molar-refractivity contribution is -0.137. The van der Waals surface area contributed by atoms with Crippen LogP contribution in [0.5, 0.6) is 0 Å². The highest BCUT2D eigenvalue weighted by atomic mass is 79.9. The van der Waals surface area contributed by atoms with Crippen molar-refractivity contribution < 1.29 is 31.5 Å². The minimum absolute atomic E-state index is 0.0540. The van der Waals surface area contributed by atoms with Gasteiger partial charge in [0.1, 0.15) is 11.4 Å². The second-order valence-corrected chi connectivity index (χ2v) is 7.20. The second-order valence-electron chi connectivity index (χ2n) is 6.40. The summed E-state index contributed by atoms with van der Waals surface area (Å²) in [5.41, 5.74) is -0.717. The monoisotopic (exact) mass is 498 g/mol. The van der Waals surface area contributed by atoms with Gasteiger partial charge < -0.3 is 0 Å². The van der Waals surface area contributed by atoms with Gasteiger partial charge in [-0.25, -0.2) is 13.5 Å². The van der Waals surface area contributed by atoms with Crippen LogP contribution in [-0.4, -0.2) is 21.3 Å². The van der Waals surface area contributed by atoms with Crippen molar-refractivity contribution in [1.82, 2.24) is 9.78 Å². The van der Waals surface area contributed by atoms with E-state index < -0.39 is 34.9 Å². The molecule has 1 heterocycles. The number of aromatic nitrogens is 2. The smallest absolute Gasteiger partial charge is 0.295 e. The van der Waals surface area contributed by atoms with Crippen LogP contribution < -0.4 is 0 Å². The van der Waals surface area contributed by atoms with E-state index in [-0.39, 0.29) is 27.1 Å². The van der Waals surface area contributed by atoms with Crippen LogP contribution in [0.3, 0.4) is 0 Å². The van der Waals surface area contributed by atoms with Gasteiger partial charge in [-0.2, -0.15) is 18.3 Å². The zero-order chi connectivity index (χ0) is 22.9. The molecule has 0 atom stereocenters. The van der Waals surface area contributed by atoms with Crippen molar-refractivity contribution in [2.24, 2.45) is 0 Å². The second kappa shape index (κ2) is 8.54. The highest BCUT2D eigenvalue weighted by molar-refractivity contribution is 9.10. The molecule has 0 aliphatic carbocycles. The van der Waals surface area contributed by atoms with Crippen molar-refractivity contribution >= 4 is 27.5 Å². The molecule has 0 radical (unpaired) electrons. The molecule has 0 aliphatic heterocycles. The number of carbonyl (C=O) groups is 2. The largest absolute Gasteiger partial charge is 0.416 e. The van der Waals surface area contributed by atoms with Crippen molar-refractivity contribution in [3.05, 3.63) is 82.0 Å². The molecule has 2 aromatic carbocycles. The molecule has 0 N–H and O–H groups in total. The van der Waals surface area contributed by atoms with Crippen LogP contribution in [0.2, 0.25) is 0 Å². The van der Waals surface area contributed by atoms with Crippen LogP contribution in [0.15, 0.2) is 59.1 Å². The van der Waals surface area contributed by atoms with Gasteiger partial charge in [-0.05, 0) is 77.5 Å². The molecule has 3 aromatic rings. The first-order valence-electron chi connectivity index (χ1n) is 8.63. The van der Waals surface area contributed by atoms with Crippen LogP contribution in [0.1, 0.15) is 23.0 Å². The Balaban J connectivity index is 2.19. The molecule has 0 unspecified atom stereocenters. The van der Waals surface area contributed by atoms with E-state index in [9.17, 15) is 31.5 Å². The Morgan fingerprint density at radius 1 is 1.00 bits per heavy atom. The minimum Gasteiger partial charge on any atom is -0.295 e. The highest BCUT2D eigenvalue weighted by Gasteiger charge is 2.30. The van der Waals surface area contributed by atoms with Crippen LogP contribution in [0.4, 0.5) is 22.0 Å². The Hall–Kier alpha value is -3.14. The van der Waals surface area contributed by atoms with Gasteiger partial charge in [0, 0.05) is 5.56 Å².